The molecule has 1 N–H and O–H groups in total. The molecule has 0 fully saturated rings. The van der Waals surface area contributed by atoms with Crippen LogP contribution in [0.4, 0.5) is 0 Å². The van der Waals surface area contributed by atoms with Crippen LogP contribution < -0.4 is 9.47 Å². The minimum atomic E-state index is -1.08. The van der Waals surface area contributed by atoms with Crippen molar-refractivity contribution in [1.29, 1.82) is 5.26 Å². The first-order chi connectivity index (χ1) is 11.9. The van der Waals surface area contributed by atoms with Gasteiger partial charge in [-0.25, -0.2) is 4.79 Å². The molecule has 2 aromatic carbocycles. The minimum Gasteiger partial charge on any atom is -0.493 e. The van der Waals surface area contributed by atoms with Gasteiger partial charge >= 0.3 is 5.97 Å². The molecule has 0 atom stereocenters. The summed E-state index contributed by atoms with van der Waals surface area (Å²) in [6.07, 6.45) is 1.73. The molecule has 0 aliphatic heterocycles. The van der Waals surface area contributed by atoms with Gasteiger partial charge in [0.25, 0.3) is 0 Å². The fourth-order valence-electron chi connectivity index (χ4n) is 2.14. The van der Waals surface area contributed by atoms with Gasteiger partial charge in [-0.3, -0.25) is 0 Å². The number of aliphatic carboxylic acids is 1. The smallest absolute Gasteiger partial charge is 0.341 e. The zero-order chi connectivity index (χ0) is 18.4. The molecule has 0 saturated heterocycles. The number of rotatable bonds is 6. The lowest BCUT2D eigenvalue weighted by atomic mass is 10.0. The van der Waals surface area contributed by atoms with Crippen molar-refractivity contribution in [1.82, 2.24) is 0 Å². The Kier molecular flexibility index (Phi) is 6.20. The molecule has 0 radical (unpaired) electrons. The quantitative estimate of drug-likeness (QED) is 0.576. The highest BCUT2D eigenvalue weighted by atomic mass is 79.9. The first-order valence-corrected chi connectivity index (χ1v) is 8.15. The summed E-state index contributed by atoms with van der Waals surface area (Å²) < 4.78 is 11.1. The molecule has 0 heterocycles. The molecule has 5 nitrogen and oxygen atoms in total. The van der Waals surface area contributed by atoms with Crippen molar-refractivity contribution >= 4 is 33.5 Å². The molecule has 0 aliphatic rings. The van der Waals surface area contributed by atoms with E-state index < -0.39 is 12.6 Å². The average molecular weight is 402 g/mol. The van der Waals surface area contributed by atoms with Crippen molar-refractivity contribution < 1.29 is 19.4 Å². The maximum absolute atomic E-state index is 10.7. The van der Waals surface area contributed by atoms with E-state index >= 15 is 0 Å². The summed E-state index contributed by atoms with van der Waals surface area (Å²) in [5.74, 6) is -0.382. The van der Waals surface area contributed by atoms with Crippen LogP contribution in [0.2, 0.25) is 0 Å². The van der Waals surface area contributed by atoms with Gasteiger partial charge in [-0.15, -0.1) is 0 Å². The lowest BCUT2D eigenvalue weighted by molar-refractivity contribution is -0.139. The highest BCUT2D eigenvalue weighted by Crippen LogP contribution is 2.35. The summed E-state index contributed by atoms with van der Waals surface area (Å²) in [6.45, 7) is 1.52. The third-order valence-electron chi connectivity index (χ3n) is 3.42. The number of carboxylic acids is 1. The fraction of sp³-hybridized carbons (Fsp3) is 0.158. The first kappa shape index (κ1) is 18.6. The molecule has 128 valence electrons. The van der Waals surface area contributed by atoms with Gasteiger partial charge in [0.2, 0.25) is 0 Å². The molecule has 0 bridgehead atoms. The maximum Gasteiger partial charge on any atom is 0.341 e. The van der Waals surface area contributed by atoms with E-state index in [0.717, 1.165) is 16.7 Å². The molecule has 0 amide bonds. The molecular weight excluding hydrogens is 386 g/mol. The molecule has 0 unspecified atom stereocenters. The van der Waals surface area contributed by atoms with Crippen LogP contribution in [0.3, 0.4) is 0 Å². The Bertz CT molecular complexity index is 851. The predicted octanol–water partition coefficient (Wildman–Crippen LogP) is 4.29. The molecule has 0 aromatic heterocycles. The molecule has 0 aliphatic carbocycles. The molecule has 0 saturated carbocycles. The Morgan fingerprint density at radius 1 is 1.28 bits per heavy atom. The van der Waals surface area contributed by atoms with Crippen LogP contribution >= 0.6 is 15.9 Å². The number of nitrogens with zero attached hydrogens (tertiary/aromatic N) is 1. The van der Waals surface area contributed by atoms with Crippen LogP contribution in [0.5, 0.6) is 11.5 Å². The lowest BCUT2D eigenvalue weighted by Crippen LogP contribution is -2.10. The Morgan fingerprint density at radius 3 is 2.52 bits per heavy atom. The number of allylic oxidation sites excluding steroid dienone is 1. The van der Waals surface area contributed by atoms with Gasteiger partial charge in [-0.05, 0) is 36.3 Å². The number of aryl methyl sites for hydroxylation is 1. The van der Waals surface area contributed by atoms with E-state index in [0.29, 0.717) is 21.5 Å². The van der Waals surface area contributed by atoms with Crippen molar-refractivity contribution in [2.75, 3.05) is 13.7 Å². The first-order valence-electron chi connectivity index (χ1n) is 7.35. The van der Waals surface area contributed by atoms with Crippen molar-refractivity contribution in [2.45, 2.75) is 6.92 Å². The third-order valence-corrected chi connectivity index (χ3v) is 4.10. The van der Waals surface area contributed by atoms with Gasteiger partial charge < -0.3 is 14.6 Å². The van der Waals surface area contributed by atoms with E-state index in [9.17, 15) is 10.1 Å². The van der Waals surface area contributed by atoms with Gasteiger partial charge in [0.1, 0.15) is 0 Å². The lowest BCUT2D eigenvalue weighted by Gasteiger charge is -2.12. The van der Waals surface area contributed by atoms with Crippen molar-refractivity contribution in [3.63, 3.8) is 0 Å². The van der Waals surface area contributed by atoms with Crippen LogP contribution in [0.1, 0.15) is 16.7 Å². The van der Waals surface area contributed by atoms with Crippen molar-refractivity contribution in [3.8, 4) is 17.6 Å². The standard InChI is InChI=1S/C19H16BrNO4/c1-12-3-5-13(6-4-12)15(10-21)7-14-8-17(24-2)18(9-16(14)20)25-11-19(22)23/h3-9H,11H2,1-2H3,(H,22,23)/b15-7-. The Hall–Kier alpha value is -2.78. The van der Waals surface area contributed by atoms with Crippen LogP contribution in [-0.4, -0.2) is 24.8 Å². The SMILES string of the molecule is COc1cc(/C=C(/C#N)c2ccc(C)cc2)c(Br)cc1OCC(=O)O. The minimum absolute atomic E-state index is 0.308. The summed E-state index contributed by atoms with van der Waals surface area (Å²) in [5, 5.41) is 18.2. The molecule has 6 heteroatoms. The summed E-state index contributed by atoms with van der Waals surface area (Å²) in [4.78, 5) is 10.7. The molecule has 2 aromatic rings. The predicted molar refractivity (Wildman–Crippen MR) is 98.5 cm³/mol. The van der Waals surface area contributed by atoms with Crippen LogP contribution in [-0.2, 0) is 4.79 Å². The summed E-state index contributed by atoms with van der Waals surface area (Å²) in [5.41, 5.74) is 3.15. The third kappa shape index (κ3) is 4.85. The second kappa shape index (κ2) is 8.36. The number of ether oxygens (including phenoxy) is 2. The van der Waals surface area contributed by atoms with E-state index in [4.69, 9.17) is 14.6 Å². The van der Waals surface area contributed by atoms with E-state index in [1.54, 1.807) is 18.2 Å². The van der Waals surface area contributed by atoms with Gasteiger partial charge in [0.05, 0.1) is 18.8 Å². The zero-order valence-electron chi connectivity index (χ0n) is 13.7. The molecule has 25 heavy (non-hydrogen) atoms. The largest absolute Gasteiger partial charge is 0.493 e. The zero-order valence-corrected chi connectivity index (χ0v) is 15.3. The van der Waals surface area contributed by atoms with Crippen LogP contribution in [0.25, 0.3) is 11.6 Å². The molecule has 0 spiro atoms. The highest BCUT2D eigenvalue weighted by molar-refractivity contribution is 9.10. The van der Waals surface area contributed by atoms with Crippen LogP contribution in [0, 0.1) is 18.3 Å². The second-order valence-corrected chi connectivity index (χ2v) is 6.10. The summed E-state index contributed by atoms with van der Waals surface area (Å²) >= 11 is 3.42. The monoisotopic (exact) mass is 401 g/mol. The van der Waals surface area contributed by atoms with Gasteiger partial charge in [0, 0.05) is 4.47 Å². The molecular formula is C19H16BrNO4. The van der Waals surface area contributed by atoms with Gasteiger partial charge in [0.15, 0.2) is 18.1 Å². The van der Waals surface area contributed by atoms with Gasteiger partial charge in [-0.2, -0.15) is 5.26 Å². The average Bonchev–Trinajstić information content (AvgIpc) is 2.60. The second-order valence-electron chi connectivity index (χ2n) is 5.24. The van der Waals surface area contributed by atoms with E-state index in [1.807, 2.05) is 31.2 Å². The summed E-state index contributed by atoms with van der Waals surface area (Å²) in [6, 6.07) is 13.2. The number of hydrogen-bond donors (Lipinski definition) is 1. The van der Waals surface area contributed by atoms with Crippen molar-refractivity contribution in [2.24, 2.45) is 0 Å². The van der Waals surface area contributed by atoms with E-state index in [1.165, 1.54) is 7.11 Å². The van der Waals surface area contributed by atoms with E-state index in [2.05, 4.69) is 22.0 Å². The van der Waals surface area contributed by atoms with Crippen LogP contribution in [0.15, 0.2) is 40.9 Å². The Balaban J connectivity index is 2.42. The Morgan fingerprint density at radius 2 is 1.96 bits per heavy atom. The number of nitriles is 1. The van der Waals surface area contributed by atoms with Crippen molar-refractivity contribution in [3.05, 3.63) is 57.6 Å². The Labute approximate surface area is 154 Å². The van der Waals surface area contributed by atoms with Gasteiger partial charge in [-0.1, -0.05) is 45.8 Å². The number of halogens is 1. The highest BCUT2D eigenvalue weighted by Gasteiger charge is 2.12. The number of carboxylic acid groups (broad SMARTS) is 1. The number of hydrogen-bond acceptors (Lipinski definition) is 4. The topological polar surface area (TPSA) is 79.5 Å². The number of benzene rings is 2. The maximum atomic E-state index is 10.7. The number of carbonyl (C=O) groups is 1. The number of methoxy groups -OCH3 is 1. The normalized spacial score (nSPS) is 10.9. The summed E-state index contributed by atoms with van der Waals surface area (Å²) in [7, 11) is 1.47. The molecule has 2 rings (SSSR count). The fourth-order valence-corrected chi connectivity index (χ4v) is 2.58. The van der Waals surface area contributed by atoms with E-state index in [-0.39, 0.29) is 0 Å².